The van der Waals surface area contributed by atoms with Gasteiger partial charge in [0.25, 0.3) is 6.43 Å². The van der Waals surface area contributed by atoms with Crippen molar-refractivity contribution in [3.05, 3.63) is 71.3 Å². The van der Waals surface area contributed by atoms with E-state index in [2.05, 4.69) is 31.3 Å². The second-order valence-corrected chi connectivity index (χ2v) is 5.90. The van der Waals surface area contributed by atoms with E-state index in [1.165, 1.54) is 17.7 Å². The second kappa shape index (κ2) is 6.81. The standard InChI is InChI=1S/C18H21F2N/c1-18(2,16-6-4-3-5-7-16)13-21-12-14-8-10-15(11-9-14)17(19)20/h3-11,17,21H,12-13H2,1-2H3. The second-order valence-electron chi connectivity index (χ2n) is 5.90. The third kappa shape index (κ3) is 4.36. The maximum absolute atomic E-state index is 12.5. The zero-order chi connectivity index (χ0) is 15.3. The van der Waals surface area contributed by atoms with Gasteiger partial charge in [-0.1, -0.05) is 68.4 Å². The van der Waals surface area contributed by atoms with Gasteiger partial charge in [0.2, 0.25) is 0 Å². The van der Waals surface area contributed by atoms with Crippen LogP contribution in [0.4, 0.5) is 8.78 Å². The molecule has 0 spiro atoms. The maximum atomic E-state index is 12.5. The van der Waals surface area contributed by atoms with Gasteiger partial charge in [-0.25, -0.2) is 8.78 Å². The highest BCUT2D eigenvalue weighted by atomic mass is 19.3. The molecule has 0 heterocycles. The van der Waals surface area contributed by atoms with Crippen LogP contribution in [0.1, 0.15) is 37.0 Å². The molecule has 0 saturated heterocycles. The molecule has 3 heteroatoms. The number of hydrogen-bond donors (Lipinski definition) is 1. The topological polar surface area (TPSA) is 12.0 Å². The Morgan fingerprint density at radius 1 is 0.952 bits per heavy atom. The molecule has 0 aliphatic carbocycles. The Morgan fingerprint density at radius 2 is 1.57 bits per heavy atom. The Bertz CT molecular complexity index is 547. The summed E-state index contributed by atoms with van der Waals surface area (Å²) in [5, 5.41) is 3.40. The number of alkyl halides is 2. The van der Waals surface area contributed by atoms with Gasteiger partial charge < -0.3 is 5.32 Å². The van der Waals surface area contributed by atoms with E-state index < -0.39 is 6.43 Å². The summed E-state index contributed by atoms with van der Waals surface area (Å²) in [6, 6.07) is 16.8. The molecule has 2 aromatic carbocycles. The first-order chi connectivity index (χ1) is 9.99. The van der Waals surface area contributed by atoms with E-state index in [1.807, 2.05) is 18.2 Å². The van der Waals surface area contributed by atoms with Crippen LogP contribution >= 0.6 is 0 Å². The summed E-state index contributed by atoms with van der Waals surface area (Å²) >= 11 is 0. The van der Waals surface area contributed by atoms with Crippen molar-refractivity contribution in [1.29, 1.82) is 0 Å². The quantitative estimate of drug-likeness (QED) is 0.813. The summed E-state index contributed by atoms with van der Waals surface area (Å²) in [7, 11) is 0. The van der Waals surface area contributed by atoms with E-state index in [9.17, 15) is 8.78 Å². The van der Waals surface area contributed by atoms with Gasteiger partial charge in [-0.05, 0) is 11.1 Å². The fourth-order valence-corrected chi connectivity index (χ4v) is 2.29. The number of halogens is 2. The zero-order valence-corrected chi connectivity index (χ0v) is 12.4. The van der Waals surface area contributed by atoms with Crippen LogP contribution in [-0.2, 0) is 12.0 Å². The Hall–Kier alpha value is -1.74. The molecule has 112 valence electrons. The average molecular weight is 289 g/mol. The van der Waals surface area contributed by atoms with Crippen molar-refractivity contribution in [3.63, 3.8) is 0 Å². The minimum atomic E-state index is -2.40. The van der Waals surface area contributed by atoms with Crippen LogP contribution in [-0.4, -0.2) is 6.54 Å². The summed E-state index contributed by atoms with van der Waals surface area (Å²) in [5.41, 5.74) is 2.40. The predicted molar refractivity (Wildman–Crippen MR) is 82.6 cm³/mol. The molecule has 0 aliphatic rings. The van der Waals surface area contributed by atoms with Crippen LogP contribution in [0.5, 0.6) is 0 Å². The van der Waals surface area contributed by atoms with Gasteiger partial charge in [0.05, 0.1) is 0 Å². The molecule has 0 unspecified atom stereocenters. The molecule has 1 nitrogen and oxygen atoms in total. The first kappa shape index (κ1) is 15.6. The Labute approximate surface area is 125 Å². The molecule has 0 atom stereocenters. The third-order valence-corrected chi connectivity index (χ3v) is 3.68. The van der Waals surface area contributed by atoms with Gasteiger partial charge >= 0.3 is 0 Å². The Kier molecular flexibility index (Phi) is 5.07. The fraction of sp³-hybridized carbons (Fsp3) is 0.333. The molecule has 1 N–H and O–H groups in total. The van der Waals surface area contributed by atoms with Gasteiger partial charge in [-0.15, -0.1) is 0 Å². The molecule has 0 aromatic heterocycles. The lowest BCUT2D eigenvalue weighted by Crippen LogP contribution is -2.32. The van der Waals surface area contributed by atoms with Crippen molar-refractivity contribution in [2.45, 2.75) is 32.2 Å². The zero-order valence-electron chi connectivity index (χ0n) is 12.4. The SMILES string of the molecule is CC(C)(CNCc1ccc(C(F)F)cc1)c1ccccc1. The van der Waals surface area contributed by atoms with Crippen molar-refractivity contribution >= 4 is 0 Å². The summed E-state index contributed by atoms with van der Waals surface area (Å²) < 4.78 is 25.0. The average Bonchev–Trinajstić information content (AvgIpc) is 2.48. The van der Waals surface area contributed by atoms with Crippen LogP contribution in [0.25, 0.3) is 0 Å². The van der Waals surface area contributed by atoms with E-state index in [0.29, 0.717) is 6.54 Å². The molecule has 0 saturated carbocycles. The van der Waals surface area contributed by atoms with Crippen LogP contribution in [0.2, 0.25) is 0 Å². The summed E-state index contributed by atoms with van der Waals surface area (Å²) in [6.45, 7) is 5.89. The van der Waals surface area contributed by atoms with E-state index >= 15 is 0 Å². The van der Waals surface area contributed by atoms with Crippen molar-refractivity contribution < 1.29 is 8.78 Å². The molecule has 21 heavy (non-hydrogen) atoms. The van der Waals surface area contributed by atoms with E-state index in [1.54, 1.807) is 12.1 Å². The normalized spacial score (nSPS) is 11.9. The third-order valence-electron chi connectivity index (χ3n) is 3.68. The lowest BCUT2D eigenvalue weighted by molar-refractivity contribution is 0.151. The highest BCUT2D eigenvalue weighted by Gasteiger charge is 2.19. The van der Waals surface area contributed by atoms with Gasteiger partial charge in [0.1, 0.15) is 0 Å². The van der Waals surface area contributed by atoms with Crippen molar-refractivity contribution in [1.82, 2.24) is 5.32 Å². The van der Waals surface area contributed by atoms with Crippen LogP contribution in [0.3, 0.4) is 0 Å². The summed E-state index contributed by atoms with van der Waals surface area (Å²) in [5.74, 6) is 0. The number of nitrogens with one attached hydrogen (secondary N) is 1. The van der Waals surface area contributed by atoms with E-state index in [0.717, 1.165) is 12.1 Å². The lowest BCUT2D eigenvalue weighted by Gasteiger charge is -2.25. The number of benzene rings is 2. The molecule has 2 rings (SSSR count). The van der Waals surface area contributed by atoms with Gasteiger partial charge in [0, 0.05) is 24.1 Å². The molecule has 0 amide bonds. The molecule has 2 aromatic rings. The van der Waals surface area contributed by atoms with Crippen molar-refractivity contribution in [3.8, 4) is 0 Å². The number of rotatable bonds is 6. The van der Waals surface area contributed by atoms with Crippen LogP contribution in [0.15, 0.2) is 54.6 Å². The largest absolute Gasteiger partial charge is 0.312 e. The first-order valence-corrected chi connectivity index (χ1v) is 7.12. The van der Waals surface area contributed by atoms with Crippen LogP contribution in [0, 0.1) is 0 Å². The van der Waals surface area contributed by atoms with E-state index in [-0.39, 0.29) is 11.0 Å². The summed E-state index contributed by atoms with van der Waals surface area (Å²) in [4.78, 5) is 0. The van der Waals surface area contributed by atoms with Crippen molar-refractivity contribution in [2.24, 2.45) is 0 Å². The minimum absolute atomic E-state index is 0.0319. The molecule has 0 fully saturated rings. The van der Waals surface area contributed by atoms with Gasteiger partial charge in [-0.3, -0.25) is 0 Å². The minimum Gasteiger partial charge on any atom is -0.312 e. The molecular formula is C18H21F2N. The molecule has 0 radical (unpaired) electrons. The predicted octanol–water partition coefficient (Wildman–Crippen LogP) is 4.69. The number of hydrogen-bond acceptors (Lipinski definition) is 1. The smallest absolute Gasteiger partial charge is 0.263 e. The molecule has 0 aliphatic heterocycles. The summed E-state index contributed by atoms with van der Waals surface area (Å²) in [6.07, 6.45) is -2.40. The van der Waals surface area contributed by atoms with Gasteiger partial charge in [-0.2, -0.15) is 0 Å². The monoisotopic (exact) mass is 289 g/mol. The fourth-order valence-electron chi connectivity index (χ4n) is 2.29. The van der Waals surface area contributed by atoms with Crippen LogP contribution < -0.4 is 5.32 Å². The lowest BCUT2D eigenvalue weighted by atomic mass is 9.84. The van der Waals surface area contributed by atoms with Crippen molar-refractivity contribution in [2.75, 3.05) is 6.54 Å². The van der Waals surface area contributed by atoms with Gasteiger partial charge in [0.15, 0.2) is 0 Å². The molecular weight excluding hydrogens is 268 g/mol. The Balaban J connectivity index is 1.89. The first-order valence-electron chi connectivity index (χ1n) is 7.12. The Morgan fingerprint density at radius 3 is 2.14 bits per heavy atom. The van der Waals surface area contributed by atoms with E-state index in [4.69, 9.17) is 0 Å². The highest BCUT2D eigenvalue weighted by molar-refractivity contribution is 5.25. The highest BCUT2D eigenvalue weighted by Crippen LogP contribution is 2.22. The maximum Gasteiger partial charge on any atom is 0.263 e. The molecule has 0 bridgehead atoms.